The monoisotopic (exact) mass is 444 g/mol. The molecule has 2 aromatic carbocycles. The van der Waals surface area contributed by atoms with E-state index in [1.54, 1.807) is 19.1 Å². The van der Waals surface area contributed by atoms with Crippen LogP contribution in [0.4, 0.5) is 5.69 Å². The van der Waals surface area contributed by atoms with Crippen molar-refractivity contribution in [3.63, 3.8) is 0 Å². The maximum atomic E-state index is 12.4. The number of aryl methyl sites for hydroxylation is 1. The molecule has 1 aliphatic heterocycles. The first kappa shape index (κ1) is 23.1. The highest BCUT2D eigenvalue weighted by Gasteiger charge is 2.21. The number of carbonyl (C=O) groups is 1. The van der Waals surface area contributed by atoms with Gasteiger partial charge in [0, 0.05) is 31.2 Å². The Morgan fingerprint density at radius 1 is 1.03 bits per heavy atom. The Morgan fingerprint density at radius 2 is 1.68 bits per heavy atom. The van der Waals surface area contributed by atoms with Gasteiger partial charge in [0.2, 0.25) is 5.91 Å². The Kier molecular flexibility index (Phi) is 7.96. The summed E-state index contributed by atoms with van der Waals surface area (Å²) < 4.78 is 29.4. The average Bonchev–Trinajstić information content (AvgIpc) is 2.79. The van der Waals surface area contributed by atoms with Crippen molar-refractivity contribution in [3.05, 3.63) is 54.1 Å². The summed E-state index contributed by atoms with van der Waals surface area (Å²) >= 11 is 0. The average molecular weight is 445 g/mol. The Labute approximate surface area is 185 Å². The van der Waals surface area contributed by atoms with Crippen LogP contribution in [0, 0.1) is 0 Å². The zero-order valence-electron chi connectivity index (χ0n) is 18.3. The van der Waals surface area contributed by atoms with E-state index in [9.17, 15) is 13.2 Å². The van der Waals surface area contributed by atoms with E-state index in [1.165, 1.54) is 0 Å². The van der Waals surface area contributed by atoms with Crippen LogP contribution >= 0.6 is 0 Å². The smallest absolute Gasteiger partial charge is 0.220 e. The van der Waals surface area contributed by atoms with E-state index in [0.717, 1.165) is 42.9 Å². The van der Waals surface area contributed by atoms with Crippen molar-refractivity contribution in [1.29, 1.82) is 0 Å². The minimum absolute atomic E-state index is 0.0847. The summed E-state index contributed by atoms with van der Waals surface area (Å²) in [5, 5.41) is 3.16. The normalized spacial score (nSPS) is 15.0. The largest absolute Gasteiger partial charge is 0.494 e. The van der Waals surface area contributed by atoms with E-state index in [0.29, 0.717) is 24.3 Å². The molecule has 0 atom stereocenters. The minimum atomic E-state index is -3.17. The van der Waals surface area contributed by atoms with Gasteiger partial charge >= 0.3 is 0 Å². The molecule has 1 aliphatic rings. The second-order valence-electron chi connectivity index (χ2n) is 7.80. The van der Waals surface area contributed by atoms with Crippen molar-refractivity contribution in [3.8, 4) is 5.75 Å². The lowest BCUT2D eigenvalue weighted by Gasteiger charge is -2.34. The number of benzene rings is 2. The molecule has 0 bridgehead atoms. The molecule has 0 radical (unpaired) electrons. The van der Waals surface area contributed by atoms with Crippen molar-refractivity contribution < 1.29 is 17.9 Å². The molecular formula is C24H32N2O4S. The number of hydrogen-bond acceptors (Lipinski definition) is 5. The summed E-state index contributed by atoms with van der Waals surface area (Å²) in [4.78, 5) is 15.0. The van der Waals surface area contributed by atoms with Crippen LogP contribution in [0.15, 0.2) is 53.4 Å². The van der Waals surface area contributed by atoms with E-state index < -0.39 is 9.84 Å². The van der Waals surface area contributed by atoms with Crippen molar-refractivity contribution >= 4 is 21.4 Å². The fourth-order valence-corrected chi connectivity index (χ4v) is 4.67. The van der Waals surface area contributed by atoms with E-state index in [-0.39, 0.29) is 17.7 Å². The lowest BCUT2D eigenvalue weighted by Crippen LogP contribution is -2.44. The molecule has 1 amide bonds. The second-order valence-corrected chi connectivity index (χ2v) is 10.1. The lowest BCUT2D eigenvalue weighted by molar-refractivity contribution is -0.121. The SMILES string of the molecule is CCOc1ccc(CCC(=O)NC2CCN(c3ccc(S(=O)(=O)CC)cc3)CC2)cc1. The molecule has 3 rings (SSSR count). The van der Waals surface area contributed by atoms with Gasteiger partial charge in [-0.25, -0.2) is 8.42 Å². The first-order valence-electron chi connectivity index (χ1n) is 11.0. The first-order chi connectivity index (χ1) is 14.9. The predicted octanol–water partition coefficient (Wildman–Crippen LogP) is 3.60. The summed E-state index contributed by atoms with van der Waals surface area (Å²) in [6.45, 7) is 5.93. The topological polar surface area (TPSA) is 75.7 Å². The minimum Gasteiger partial charge on any atom is -0.494 e. The third kappa shape index (κ3) is 6.47. The standard InChI is InChI=1S/C24H32N2O4S/c1-3-30-22-10-5-19(6-11-22)7-14-24(27)25-20-15-17-26(18-16-20)21-8-12-23(13-9-21)31(28,29)4-2/h5-6,8-13,20H,3-4,7,14-18H2,1-2H3,(H,25,27). The number of ether oxygens (including phenoxy) is 1. The number of sulfone groups is 1. The highest BCUT2D eigenvalue weighted by Crippen LogP contribution is 2.22. The van der Waals surface area contributed by atoms with E-state index in [1.807, 2.05) is 43.3 Å². The number of piperidine rings is 1. The van der Waals surface area contributed by atoms with Crippen molar-refractivity contribution in [2.75, 3.05) is 30.3 Å². The number of nitrogens with one attached hydrogen (secondary N) is 1. The van der Waals surface area contributed by atoms with Crippen LogP contribution in [0.2, 0.25) is 0 Å². The second kappa shape index (κ2) is 10.7. The van der Waals surface area contributed by atoms with E-state index in [2.05, 4.69) is 10.2 Å². The van der Waals surface area contributed by atoms with Crippen molar-refractivity contribution in [2.24, 2.45) is 0 Å². The fourth-order valence-electron chi connectivity index (χ4n) is 3.79. The van der Waals surface area contributed by atoms with Gasteiger partial charge in [0.05, 0.1) is 17.3 Å². The number of nitrogens with zero attached hydrogens (tertiary/aromatic N) is 1. The quantitative estimate of drug-likeness (QED) is 0.640. The van der Waals surface area contributed by atoms with Crippen LogP contribution < -0.4 is 15.0 Å². The Balaban J connectivity index is 1.42. The summed E-state index contributed by atoms with van der Waals surface area (Å²) in [5.74, 6) is 1.04. The van der Waals surface area contributed by atoms with Gasteiger partial charge in [-0.1, -0.05) is 19.1 Å². The van der Waals surface area contributed by atoms with Gasteiger partial charge in [-0.05, 0) is 68.1 Å². The first-order valence-corrected chi connectivity index (χ1v) is 12.7. The molecule has 2 aromatic rings. The van der Waals surface area contributed by atoms with Crippen LogP contribution in [0.25, 0.3) is 0 Å². The molecule has 0 spiro atoms. The van der Waals surface area contributed by atoms with Gasteiger partial charge in [-0.2, -0.15) is 0 Å². The van der Waals surface area contributed by atoms with Gasteiger partial charge in [-0.15, -0.1) is 0 Å². The fraction of sp³-hybridized carbons (Fsp3) is 0.458. The molecule has 1 saturated heterocycles. The molecule has 0 unspecified atom stereocenters. The van der Waals surface area contributed by atoms with Gasteiger partial charge in [0.1, 0.15) is 5.75 Å². The number of hydrogen-bond donors (Lipinski definition) is 1. The van der Waals surface area contributed by atoms with Crippen molar-refractivity contribution in [2.45, 2.75) is 50.5 Å². The van der Waals surface area contributed by atoms with Crippen LogP contribution in [-0.2, 0) is 21.1 Å². The van der Waals surface area contributed by atoms with E-state index in [4.69, 9.17) is 4.74 Å². The molecular weight excluding hydrogens is 412 g/mol. The molecule has 31 heavy (non-hydrogen) atoms. The molecule has 0 aliphatic carbocycles. The molecule has 1 heterocycles. The van der Waals surface area contributed by atoms with Gasteiger partial charge in [0.25, 0.3) is 0 Å². The molecule has 168 valence electrons. The zero-order valence-corrected chi connectivity index (χ0v) is 19.2. The van der Waals surface area contributed by atoms with Gasteiger partial charge in [-0.3, -0.25) is 4.79 Å². The third-order valence-corrected chi connectivity index (χ3v) is 7.43. The summed E-state index contributed by atoms with van der Waals surface area (Å²) in [7, 11) is -3.17. The zero-order chi connectivity index (χ0) is 22.3. The maximum absolute atomic E-state index is 12.4. The summed E-state index contributed by atoms with van der Waals surface area (Å²) in [6, 6.07) is 15.2. The summed E-state index contributed by atoms with van der Waals surface area (Å²) in [6.07, 6.45) is 2.94. The highest BCUT2D eigenvalue weighted by atomic mass is 32.2. The van der Waals surface area contributed by atoms with Crippen LogP contribution in [-0.4, -0.2) is 45.8 Å². The predicted molar refractivity (Wildman–Crippen MR) is 123 cm³/mol. The molecule has 0 saturated carbocycles. The maximum Gasteiger partial charge on any atom is 0.220 e. The molecule has 0 aromatic heterocycles. The highest BCUT2D eigenvalue weighted by molar-refractivity contribution is 7.91. The van der Waals surface area contributed by atoms with Gasteiger partial charge < -0.3 is 15.0 Å². The van der Waals surface area contributed by atoms with Crippen LogP contribution in [0.1, 0.15) is 38.7 Å². The van der Waals surface area contributed by atoms with Crippen LogP contribution in [0.3, 0.4) is 0 Å². The Bertz CT molecular complexity index is 948. The van der Waals surface area contributed by atoms with Crippen molar-refractivity contribution in [1.82, 2.24) is 5.32 Å². The number of carbonyl (C=O) groups excluding carboxylic acids is 1. The molecule has 1 fully saturated rings. The van der Waals surface area contributed by atoms with Crippen LogP contribution in [0.5, 0.6) is 5.75 Å². The molecule has 1 N–H and O–H groups in total. The Morgan fingerprint density at radius 3 is 2.26 bits per heavy atom. The van der Waals surface area contributed by atoms with E-state index >= 15 is 0 Å². The lowest BCUT2D eigenvalue weighted by atomic mass is 10.0. The molecule has 6 nitrogen and oxygen atoms in total. The summed E-state index contributed by atoms with van der Waals surface area (Å²) in [5.41, 5.74) is 2.15. The Hall–Kier alpha value is -2.54. The van der Waals surface area contributed by atoms with Gasteiger partial charge in [0.15, 0.2) is 9.84 Å². The molecule has 7 heteroatoms. The third-order valence-electron chi connectivity index (χ3n) is 5.68. The number of anilines is 1. The number of amides is 1. The number of rotatable bonds is 9.